The van der Waals surface area contributed by atoms with E-state index < -0.39 is 0 Å². The van der Waals surface area contributed by atoms with E-state index in [0.29, 0.717) is 12.2 Å². The third kappa shape index (κ3) is 3.44. The van der Waals surface area contributed by atoms with Gasteiger partial charge < -0.3 is 0 Å². The van der Waals surface area contributed by atoms with Gasteiger partial charge in [-0.25, -0.2) is 0 Å². The number of carbonyl (C=O) groups excluding carboxylic acids is 1. The van der Waals surface area contributed by atoms with Gasteiger partial charge in [0, 0.05) is 18.9 Å². The van der Waals surface area contributed by atoms with Crippen molar-refractivity contribution < 1.29 is 4.79 Å². The summed E-state index contributed by atoms with van der Waals surface area (Å²) in [6, 6.07) is 0. The summed E-state index contributed by atoms with van der Waals surface area (Å²) < 4.78 is 2.96. The smallest absolute Gasteiger partial charge is 0.141 e. The molecule has 0 saturated carbocycles. The van der Waals surface area contributed by atoms with Crippen molar-refractivity contribution in [1.29, 1.82) is 0 Å². The Hall–Kier alpha value is -0.640. The predicted molar refractivity (Wildman–Crippen MR) is 77.8 cm³/mol. The molecule has 0 spiro atoms. The number of carbonyl (C=O) groups is 1. The van der Waals surface area contributed by atoms with Crippen LogP contribution >= 0.6 is 15.9 Å². The fourth-order valence-corrected chi connectivity index (χ4v) is 2.82. The summed E-state index contributed by atoms with van der Waals surface area (Å²) in [5, 5.41) is 4.52. The van der Waals surface area contributed by atoms with Crippen LogP contribution in [0.1, 0.15) is 51.9 Å². The van der Waals surface area contributed by atoms with Crippen LogP contribution in [-0.2, 0) is 24.2 Å². The van der Waals surface area contributed by atoms with E-state index in [4.69, 9.17) is 0 Å². The summed E-state index contributed by atoms with van der Waals surface area (Å²) in [5.74, 6) is 0.460. The van der Waals surface area contributed by atoms with Gasteiger partial charge in [-0.2, -0.15) is 5.10 Å². The molecule has 0 fully saturated rings. The molecule has 1 rings (SSSR count). The molecule has 0 N–H and O–H groups in total. The molecule has 0 aromatic carbocycles. The van der Waals surface area contributed by atoms with E-state index in [1.165, 1.54) is 0 Å². The van der Waals surface area contributed by atoms with E-state index in [0.717, 1.165) is 41.7 Å². The van der Waals surface area contributed by atoms with Gasteiger partial charge in [0.05, 0.1) is 15.9 Å². The van der Waals surface area contributed by atoms with E-state index in [1.807, 2.05) is 11.6 Å². The highest BCUT2D eigenvalue weighted by molar-refractivity contribution is 9.10. The first-order valence-electron chi connectivity index (χ1n) is 6.81. The Balaban J connectivity index is 2.89. The van der Waals surface area contributed by atoms with Crippen LogP contribution in [0.2, 0.25) is 0 Å². The lowest BCUT2D eigenvalue weighted by molar-refractivity contribution is -0.122. The van der Waals surface area contributed by atoms with Crippen LogP contribution < -0.4 is 0 Å². The number of hydrogen-bond donors (Lipinski definition) is 0. The molecular formula is C14H23BrN2O. The molecule has 0 aliphatic carbocycles. The zero-order chi connectivity index (χ0) is 13.7. The Morgan fingerprint density at radius 3 is 2.56 bits per heavy atom. The number of ketones is 1. The molecule has 1 aromatic heterocycles. The molecule has 3 nitrogen and oxygen atoms in total. The SMILES string of the molecule is CCCC(C)C(=O)Cc1c(Br)c(CC)nn1CC. The van der Waals surface area contributed by atoms with Gasteiger partial charge in [-0.05, 0) is 35.7 Å². The molecule has 18 heavy (non-hydrogen) atoms. The maximum atomic E-state index is 12.2. The molecule has 4 heteroatoms. The zero-order valence-electron chi connectivity index (χ0n) is 11.8. The van der Waals surface area contributed by atoms with Gasteiger partial charge in [0.1, 0.15) is 5.78 Å². The zero-order valence-corrected chi connectivity index (χ0v) is 13.4. The maximum Gasteiger partial charge on any atom is 0.141 e. The van der Waals surface area contributed by atoms with Gasteiger partial charge in [0.25, 0.3) is 0 Å². The van der Waals surface area contributed by atoms with Gasteiger partial charge in [-0.15, -0.1) is 0 Å². The number of halogens is 1. The van der Waals surface area contributed by atoms with Crippen molar-refractivity contribution in [2.45, 2.75) is 59.9 Å². The van der Waals surface area contributed by atoms with Crippen molar-refractivity contribution in [3.8, 4) is 0 Å². The first-order chi connectivity index (χ1) is 8.54. The molecule has 1 heterocycles. The third-order valence-corrected chi connectivity index (χ3v) is 4.22. The Morgan fingerprint density at radius 2 is 2.06 bits per heavy atom. The van der Waals surface area contributed by atoms with E-state index in [2.05, 4.69) is 41.8 Å². The number of Topliss-reactive ketones (excluding diaryl/α,β-unsaturated/α-hetero) is 1. The fraction of sp³-hybridized carbons (Fsp3) is 0.714. The van der Waals surface area contributed by atoms with Crippen LogP contribution in [0.3, 0.4) is 0 Å². The second-order valence-electron chi connectivity index (χ2n) is 4.71. The van der Waals surface area contributed by atoms with Crippen LogP contribution in [0.15, 0.2) is 4.47 Å². The maximum absolute atomic E-state index is 12.2. The molecule has 1 unspecified atom stereocenters. The molecule has 1 aromatic rings. The van der Waals surface area contributed by atoms with Crippen LogP contribution in [0, 0.1) is 5.92 Å². The van der Waals surface area contributed by atoms with Crippen LogP contribution in [0.5, 0.6) is 0 Å². The third-order valence-electron chi connectivity index (χ3n) is 3.31. The van der Waals surface area contributed by atoms with E-state index in [1.54, 1.807) is 0 Å². The second-order valence-corrected chi connectivity index (χ2v) is 5.50. The summed E-state index contributed by atoms with van der Waals surface area (Å²) in [7, 11) is 0. The van der Waals surface area contributed by atoms with Gasteiger partial charge >= 0.3 is 0 Å². The minimum Gasteiger partial charge on any atom is -0.299 e. The second kappa shape index (κ2) is 7.07. The van der Waals surface area contributed by atoms with Crippen LogP contribution in [0.25, 0.3) is 0 Å². The molecule has 0 amide bonds. The Labute approximate surface area is 118 Å². The van der Waals surface area contributed by atoms with E-state index in [9.17, 15) is 4.79 Å². The van der Waals surface area contributed by atoms with E-state index >= 15 is 0 Å². The summed E-state index contributed by atoms with van der Waals surface area (Å²) in [6.07, 6.45) is 3.40. The van der Waals surface area contributed by atoms with Crippen molar-refractivity contribution in [2.24, 2.45) is 5.92 Å². The van der Waals surface area contributed by atoms with E-state index in [-0.39, 0.29) is 5.92 Å². The average Bonchev–Trinajstić information content (AvgIpc) is 2.66. The number of hydrogen-bond acceptors (Lipinski definition) is 2. The van der Waals surface area contributed by atoms with Gasteiger partial charge in [-0.3, -0.25) is 9.48 Å². The first-order valence-corrected chi connectivity index (χ1v) is 7.61. The largest absolute Gasteiger partial charge is 0.299 e. The number of aromatic nitrogens is 2. The minimum atomic E-state index is 0.146. The molecule has 0 radical (unpaired) electrons. The molecule has 0 aliphatic rings. The molecule has 102 valence electrons. The Bertz CT molecular complexity index is 412. The minimum absolute atomic E-state index is 0.146. The summed E-state index contributed by atoms with van der Waals surface area (Å²) >= 11 is 3.58. The first kappa shape index (κ1) is 15.4. The Morgan fingerprint density at radius 1 is 1.39 bits per heavy atom. The molecule has 1 atom stereocenters. The highest BCUT2D eigenvalue weighted by Gasteiger charge is 2.19. The molecule has 0 saturated heterocycles. The van der Waals surface area contributed by atoms with Crippen molar-refractivity contribution in [3.63, 3.8) is 0 Å². The van der Waals surface area contributed by atoms with Crippen molar-refractivity contribution in [1.82, 2.24) is 9.78 Å². The summed E-state index contributed by atoms with van der Waals surface area (Å²) in [5.41, 5.74) is 2.07. The highest BCUT2D eigenvalue weighted by Crippen LogP contribution is 2.24. The van der Waals surface area contributed by atoms with Crippen molar-refractivity contribution in [3.05, 3.63) is 15.9 Å². The van der Waals surface area contributed by atoms with Crippen molar-refractivity contribution in [2.75, 3.05) is 0 Å². The number of aryl methyl sites for hydroxylation is 2. The highest BCUT2D eigenvalue weighted by atomic mass is 79.9. The fourth-order valence-electron chi connectivity index (χ4n) is 2.12. The quantitative estimate of drug-likeness (QED) is 0.767. The standard InChI is InChI=1S/C14H23BrN2O/c1-5-8-10(4)13(18)9-12-14(15)11(6-2)16-17(12)7-3/h10H,5-9H2,1-4H3. The number of nitrogens with zero attached hydrogens (tertiary/aromatic N) is 2. The number of rotatable bonds is 7. The van der Waals surface area contributed by atoms with Crippen LogP contribution in [-0.4, -0.2) is 15.6 Å². The van der Waals surface area contributed by atoms with Gasteiger partial charge in [0.15, 0.2) is 0 Å². The molecule has 0 bridgehead atoms. The van der Waals surface area contributed by atoms with Gasteiger partial charge in [-0.1, -0.05) is 27.2 Å². The molecular weight excluding hydrogens is 292 g/mol. The molecule has 0 aliphatic heterocycles. The van der Waals surface area contributed by atoms with Crippen LogP contribution in [0.4, 0.5) is 0 Å². The lowest BCUT2D eigenvalue weighted by atomic mass is 9.97. The van der Waals surface area contributed by atoms with Gasteiger partial charge in [0.2, 0.25) is 0 Å². The topological polar surface area (TPSA) is 34.9 Å². The normalized spacial score (nSPS) is 12.7. The average molecular weight is 315 g/mol. The van der Waals surface area contributed by atoms with Crippen molar-refractivity contribution >= 4 is 21.7 Å². The lowest BCUT2D eigenvalue weighted by Crippen LogP contribution is -2.16. The predicted octanol–water partition coefficient (Wildman–Crippen LogP) is 3.78. The summed E-state index contributed by atoms with van der Waals surface area (Å²) in [4.78, 5) is 12.2. The monoisotopic (exact) mass is 314 g/mol. The summed E-state index contributed by atoms with van der Waals surface area (Å²) in [6.45, 7) is 9.09. The Kier molecular flexibility index (Phi) is 6.06. The lowest BCUT2D eigenvalue weighted by Gasteiger charge is -2.10.